The molecule has 702 valence electrons. The molecule has 3 aromatic heterocycles. The molecule has 11 aromatic rings. The molecule has 4 heterocycles. The van der Waals surface area contributed by atoms with Gasteiger partial charge in [-0.2, -0.15) is 20.1 Å². The van der Waals surface area contributed by atoms with Crippen LogP contribution >= 0.6 is 0 Å². The lowest BCUT2D eigenvalue weighted by atomic mass is 9.82. The third-order valence-electron chi connectivity index (χ3n) is 21.5. The highest BCUT2D eigenvalue weighted by Crippen LogP contribution is 2.47. The third-order valence-corrected chi connectivity index (χ3v) is 32.1. The fourth-order valence-corrected chi connectivity index (χ4v) is 19.0. The molecule has 0 N–H and O–H groups in total. The van der Waals surface area contributed by atoms with Gasteiger partial charge >= 0.3 is 0 Å². The summed E-state index contributed by atoms with van der Waals surface area (Å²) in [4.78, 5) is 14.9. The van der Waals surface area contributed by atoms with Crippen LogP contribution in [0.1, 0.15) is 272 Å². The summed E-state index contributed by atoms with van der Waals surface area (Å²) in [5.41, 5.74) is 16.5. The van der Waals surface area contributed by atoms with E-state index in [1.165, 1.54) is 39.6 Å². The fraction of sp³-hybridized carbons (Fsp3) is 0.463. The lowest BCUT2D eigenvalue weighted by Crippen LogP contribution is -2.33. The number of hydrogen-bond acceptors (Lipinski definition) is 15. The van der Waals surface area contributed by atoms with Crippen LogP contribution in [0.15, 0.2) is 245 Å². The van der Waals surface area contributed by atoms with Crippen molar-refractivity contribution in [3.05, 3.63) is 293 Å². The second-order valence-electron chi connectivity index (χ2n) is 42.0. The predicted octanol–water partition coefficient (Wildman–Crippen LogP) is 25.9. The van der Waals surface area contributed by atoms with Gasteiger partial charge < -0.3 is 13.9 Å². The summed E-state index contributed by atoms with van der Waals surface area (Å²) < 4.78 is 112. The van der Waals surface area contributed by atoms with Crippen molar-refractivity contribution in [1.29, 1.82) is 0 Å². The molecule has 1 aliphatic heterocycles. The van der Waals surface area contributed by atoms with E-state index in [9.17, 15) is 38.5 Å². The molecule has 0 fully saturated rings. The normalized spacial score (nSPS) is 13.1. The number of ketones is 1. The van der Waals surface area contributed by atoms with E-state index in [1.807, 2.05) is 168 Å². The minimum absolute atomic E-state index is 0.128. The number of sulfone groups is 4. The Morgan fingerprint density at radius 2 is 0.922 bits per heavy atom. The number of carbonyl (C=O) groups excluding carboxylic acids is 1. The van der Waals surface area contributed by atoms with Crippen molar-refractivity contribution in [2.45, 2.75) is 286 Å². The molecule has 0 saturated carbocycles. The first-order valence-electron chi connectivity index (χ1n) is 44.9. The van der Waals surface area contributed by atoms with Crippen LogP contribution in [-0.2, 0) is 63.4 Å². The number of hydrogen-bond donors (Lipinski definition) is 0. The second kappa shape index (κ2) is 45.5. The van der Waals surface area contributed by atoms with Crippen LogP contribution < -0.4 is 9.47 Å². The van der Waals surface area contributed by atoms with E-state index < -0.39 is 58.3 Å². The number of furan rings is 1. The van der Waals surface area contributed by atoms with Gasteiger partial charge in [-0.15, -0.1) is 0 Å². The summed E-state index contributed by atoms with van der Waals surface area (Å²) in [6, 6.07) is 70.4. The van der Waals surface area contributed by atoms with Gasteiger partial charge in [-0.05, 0) is 252 Å². The fourth-order valence-electron chi connectivity index (χ4n) is 13.7. The number of rotatable bonds is 16. The molecular formula is C108H149N5O12S4. The number of Topliss-reactive ketones (excluding diaryl/α,β-unsaturated/α-hetero) is 1. The molecule has 1 aliphatic carbocycles. The maximum atomic E-state index is 12.6. The molecule has 0 bridgehead atoms. The van der Waals surface area contributed by atoms with Gasteiger partial charge in [0.05, 0.1) is 77.6 Å². The van der Waals surface area contributed by atoms with Gasteiger partial charge in [0.2, 0.25) is 0 Å². The average Bonchev–Trinajstić information content (AvgIpc) is 1.60. The molecule has 21 heteroatoms. The zero-order valence-corrected chi connectivity index (χ0v) is 85.9. The SMILES string of the molecule is CC(C)(C)C(=O)CC1c2ccccc2-c2ccccc21.CC(C)(C)Cc1ccc(-n2cccn2)cc1.CC(C)(C)Cc1ccc2c(c1)OCCCO2.CC(C)(C)S(=O)(=O)CC(c1ccccc1)c1ccccc1.CCCCS(=O)(=O)C(C)(C)C.Cc1ccc(S(=O)(=O)C(C)(C)C)cc1.Cc1coc(C)c1S(=O)(=O)C(C)(C)C.Cc1nn(-c2ccccc2)nc1CC(C)(C)C. The highest BCUT2D eigenvalue weighted by molar-refractivity contribution is 7.93. The lowest BCUT2D eigenvalue weighted by Gasteiger charge is -2.24. The number of para-hydroxylation sites is 1. The summed E-state index contributed by atoms with van der Waals surface area (Å²) in [5, 5.41) is 13.2. The van der Waals surface area contributed by atoms with Crippen molar-refractivity contribution in [1.82, 2.24) is 24.8 Å². The second-order valence-corrected chi connectivity index (χ2v) is 53.0. The van der Waals surface area contributed by atoms with Gasteiger partial charge in [-0.3, -0.25) is 4.79 Å². The minimum Gasteiger partial charge on any atom is -0.490 e. The molecule has 0 unspecified atom stereocenters. The molecule has 0 atom stereocenters. The molecule has 8 aromatic carbocycles. The quantitative estimate of drug-likeness (QED) is 0.0875. The first-order valence-corrected chi connectivity index (χ1v) is 51.2. The molecule has 17 nitrogen and oxygen atoms in total. The van der Waals surface area contributed by atoms with Gasteiger partial charge in [0.25, 0.3) is 0 Å². The Morgan fingerprint density at radius 3 is 1.36 bits per heavy atom. The highest BCUT2D eigenvalue weighted by atomic mass is 32.2. The first-order chi connectivity index (χ1) is 59.6. The lowest BCUT2D eigenvalue weighted by molar-refractivity contribution is -0.126. The summed E-state index contributed by atoms with van der Waals surface area (Å²) in [7, 11) is -12.5. The summed E-state index contributed by atoms with van der Waals surface area (Å²) in [6.45, 7) is 57.8. The van der Waals surface area contributed by atoms with Gasteiger partial charge in [0, 0.05) is 48.0 Å². The van der Waals surface area contributed by atoms with Gasteiger partial charge in [-0.1, -0.05) is 260 Å². The van der Waals surface area contributed by atoms with Crippen LogP contribution in [0.25, 0.3) is 22.5 Å². The minimum atomic E-state index is -3.29. The molecule has 0 saturated heterocycles. The Balaban J connectivity index is 0.000000229. The van der Waals surface area contributed by atoms with E-state index in [4.69, 9.17) is 13.9 Å². The number of benzene rings is 8. The van der Waals surface area contributed by atoms with Crippen molar-refractivity contribution in [3.63, 3.8) is 0 Å². The van der Waals surface area contributed by atoms with E-state index in [0.29, 0.717) is 49.9 Å². The Bertz CT molecular complexity index is 5710. The Labute approximate surface area is 776 Å². The van der Waals surface area contributed by atoms with E-state index in [-0.39, 0.29) is 28.4 Å². The van der Waals surface area contributed by atoms with Crippen LogP contribution in [0, 0.1) is 49.4 Å². The first kappa shape index (κ1) is 108. The molecule has 0 amide bonds. The Hall–Kier alpha value is -9.54. The van der Waals surface area contributed by atoms with E-state index in [0.717, 1.165) is 103 Å². The van der Waals surface area contributed by atoms with Crippen LogP contribution in [-0.4, -0.2) is 108 Å². The monoisotopic (exact) mass is 1840 g/mol. The number of aromatic nitrogens is 5. The molecule has 2 aliphatic rings. The van der Waals surface area contributed by atoms with Crippen LogP contribution in [0.3, 0.4) is 0 Å². The standard InChI is InChI=1S/C19H20O.C18H22O2S.C14H19N3.C14H18N2.C14H20O2.C11H16O2S.C10H16O3S.C8H18O2S/c1-19(2,3)18(20)12-17-15-10-6-4-8-13(15)14-9-5-7-11-16(14)17;1-18(2,3)21(19,20)14-17(15-10-6-4-7-11-15)16-12-8-5-9-13-16;1-11-13(10-14(2,3)4)16-17(15-11)12-8-6-5-7-9-12;1-14(2,3)11-12-5-7-13(8-6-12)16-10-4-9-15-16;1-14(2,3)10-11-5-6-12-13(9-11)16-8-4-7-15-12;1-9-5-7-10(8-6-9)14(12,13)11(2,3)4;1-7-6-13-8(2)9(7)14(11,12)10(3,4)5;1-5-6-7-11(9,10)8(2,3)4/h4-11,17H,12H2,1-3H3;4-13,17H,14H2,1-3H3;5-9H,10H2,1-4H3;4-10H,11H2,1-3H3;5-6,9H,4,7-8,10H2,1-3H3;5-8H,1-4H3;6H,1-5H3;5-7H2,1-4H3. The van der Waals surface area contributed by atoms with Crippen molar-refractivity contribution in [2.75, 3.05) is 24.7 Å². The Morgan fingerprint density at radius 1 is 0.465 bits per heavy atom. The zero-order valence-electron chi connectivity index (χ0n) is 82.6. The van der Waals surface area contributed by atoms with Crippen LogP contribution in [0.4, 0.5) is 0 Å². The van der Waals surface area contributed by atoms with E-state index >= 15 is 0 Å². The topological polar surface area (TPSA) is 234 Å². The van der Waals surface area contributed by atoms with Crippen molar-refractivity contribution in [2.24, 2.45) is 21.7 Å². The average molecular weight is 1840 g/mol. The maximum Gasteiger partial charge on any atom is 0.186 e. The molecular weight excluding hydrogens is 1690 g/mol. The summed E-state index contributed by atoms with van der Waals surface area (Å²) in [5.74, 6) is 3.13. The Kier molecular flexibility index (Phi) is 38.2. The number of nitrogens with zero attached hydrogens (tertiary/aromatic N) is 5. The number of unbranched alkanes of at least 4 members (excludes halogenated alkanes) is 1. The predicted molar refractivity (Wildman–Crippen MR) is 534 cm³/mol. The largest absolute Gasteiger partial charge is 0.490 e. The molecule has 0 spiro atoms. The van der Waals surface area contributed by atoms with Gasteiger partial charge in [0.15, 0.2) is 50.8 Å². The van der Waals surface area contributed by atoms with Crippen LogP contribution in [0.2, 0.25) is 0 Å². The van der Waals surface area contributed by atoms with Crippen molar-refractivity contribution < 1.29 is 52.4 Å². The zero-order chi connectivity index (χ0) is 96.7. The highest BCUT2D eigenvalue weighted by Gasteiger charge is 2.38. The third kappa shape index (κ3) is 33.1. The molecule has 13 rings (SSSR count). The molecule has 129 heavy (non-hydrogen) atoms. The summed E-state index contributed by atoms with van der Waals surface area (Å²) >= 11 is 0. The van der Waals surface area contributed by atoms with E-state index in [1.54, 1.807) is 120 Å². The maximum absolute atomic E-state index is 12.6. The molecule has 0 radical (unpaired) electrons. The van der Waals surface area contributed by atoms with Gasteiger partial charge in [-0.25, -0.2) is 38.4 Å². The number of aryl methyl sites for hydroxylation is 4. The number of ether oxygens (including phenoxy) is 2. The van der Waals surface area contributed by atoms with Crippen molar-refractivity contribution in [3.8, 4) is 34.0 Å². The smallest absolute Gasteiger partial charge is 0.186 e. The van der Waals surface area contributed by atoms with E-state index in [2.05, 4.69) is 163 Å². The van der Waals surface area contributed by atoms with Crippen LogP contribution in [0.5, 0.6) is 11.5 Å². The number of carbonyl (C=O) groups is 1. The summed E-state index contributed by atoms with van der Waals surface area (Å²) in [6.07, 6.45) is 11.6. The van der Waals surface area contributed by atoms with Crippen molar-refractivity contribution >= 4 is 45.1 Å². The van der Waals surface area contributed by atoms with Gasteiger partial charge in [0.1, 0.15) is 16.4 Å². The number of fused-ring (bicyclic) bond motifs is 4.